The van der Waals surface area contributed by atoms with E-state index >= 15 is 0 Å². The first-order valence-corrected chi connectivity index (χ1v) is 12.6. The molecule has 0 aliphatic carbocycles. The molecule has 0 aliphatic heterocycles. The van der Waals surface area contributed by atoms with Crippen LogP contribution in [-0.2, 0) is 0 Å². The summed E-state index contributed by atoms with van der Waals surface area (Å²) >= 11 is 0. The molecule has 0 saturated carbocycles. The van der Waals surface area contributed by atoms with E-state index in [9.17, 15) is 0 Å². The van der Waals surface area contributed by atoms with Crippen molar-refractivity contribution in [1.29, 1.82) is 0 Å². The summed E-state index contributed by atoms with van der Waals surface area (Å²) in [7, 11) is 0. The van der Waals surface area contributed by atoms with Crippen molar-refractivity contribution in [2.45, 2.75) is 111 Å². The summed E-state index contributed by atoms with van der Waals surface area (Å²) in [5.41, 5.74) is 0. The molecule has 0 nitrogen and oxygen atoms in total. The molecular weight excluding hydrogens is 336 g/mol. The average molecular weight is 397 g/mol. The Kier molecular flexibility index (Phi) is 15.2. The van der Waals surface area contributed by atoms with Gasteiger partial charge in [-0.15, -0.1) is 0 Å². The minimum atomic E-state index is 0.812. The van der Waals surface area contributed by atoms with Gasteiger partial charge in [-0.3, -0.25) is 0 Å². The Bertz CT molecular complexity index is 292. The smallest absolute Gasteiger partial charge is 0.0386 e. The van der Waals surface area contributed by atoms with Crippen LogP contribution in [0.1, 0.15) is 111 Å². The Balaban J connectivity index is 0. The summed E-state index contributed by atoms with van der Waals surface area (Å²) in [6.45, 7) is 38.0. The Morgan fingerprint density at radius 1 is 0.179 bits per heavy atom. The van der Waals surface area contributed by atoms with E-state index in [-0.39, 0.29) is 0 Å². The third kappa shape index (κ3) is 10.2. The highest BCUT2D eigenvalue weighted by atomic mass is 14.3. The molecule has 0 aromatic heterocycles. The molecule has 172 valence electrons. The van der Waals surface area contributed by atoms with Crippen molar-refractivity contribution in [2.75, 3.05) is 0 Å². The second-order valence-corrected chi connectivity index (χ2v) is 11.8. The highest BCUT2D eigenvalue weighted by molar-refractivity contribution is 4.76. The Morgan fingerprint density at radius 3 is 0.357 bits per heavy atom. The van der Waals surface area contributed by atoms with Crippen molar-refractivity contribution in [2.24, 2.45) is 71.0 Å². The van der Waals surface area contributed by atoms with E-state index in [1.165, 1.54) is 0 Å². The molecule has 0 rings (SSSR count). The van der Waals surface area contributed by atoms with Crippen LogP contribution in [0, 0.1) is 71.0 Å². The van der Waals surface area contributed by atoms with Gasteiger partial charge in [0.2, 0.25) is 0 Å². The van der Waals surface area contributed by atoms with E-state index in [4.69, 9.17) is 0 Å². The standard InChI is InChI=1S/2C14H30/c2*1-9(2)11(5)13(7)14(8)12(6)10(3)4/h2*9-14H,1-8H3. The molecule has 8 unspecified atom stereocenters. The van der Waals surface area contributed by atoms with Crippen molar-refractivity contribution < 1.29 is 0 Å². The number of hydrogen-bond acceptors (Lipinski definition) is 0. The Hall–Kier alpha value is 0. The van der Waals surface area contributed by atoms with Crippen molar-refractivity contribution >= 4 is 0 Å². The van der Waals surface area contributed by atoms with Gasteiger partial charge in [-0.1, -0.05) is 111 Å². The van der Waals surface area contributed by atoms with Crippen molar-refractivity contribution in [3.63, 3.8) is 0 Å². The van der Waals surface area contributed by atoms with Gasteiger partial charge < -0.3 is 0 Å². The molecule has 0 amide bonds. The summed E-state index contributed by atoms with van der Waals surface area (Å²) in [5.74, 6) is 9.96. The van der Waals surface area contributed by atoms with E-state index in [0.717, 1.165) is 71.0 Å². The zero-order chi connectivity index (χ0) is 22.9. The first-order valence-electron chi connectivity index (χ1n) is 12.6. The first-order chi connectivity index (χ1) is 12.6. The lowest BCUT2D eigenvalue weighted by Gasteiger charge is -2.34. The van der Waals surface area contributed by atoms with E-state index < -0.39 is 0 Å². The van der Waals surface area contributed by atoms with Crippen LogP contribution in [0.25, 0.3) is 0 Å². The van der Waals surface area contributed by atoms with Crippen LogP contribution in [0.4, 0.5) is 0 Å². The first kappa shape index (κ1) is 30.2. The van der Waals surface area contributed by atoms with Crippen LogP contribution in [0.5, 0.6) is 0 Å². The molecular formula is C28H60. The lowest BCUT2D eigenvalue weighted by molar-refractivity contribution is 0.150. The second kappa shape index (κ2) is 14.1. The zero-order valence-corrected chi connectivity index (χ0v) is 22.9. The summed E-state index contributed by atoms with van der Waals surface area (Å²) < 4.78 is 0. The predicted octanol–water partition coefficient (Wildman–Crippen LogP) is 9.69. The molecule has 0 spiro atoms. The van der Waals surface area contributed by atoms with Gasteiger partial charge in [0.1, 0.15) is 0 Å². The third-order valence-corrected chi connectivity index (χ3v) is 9.18. The molecule has 0 aromatic carbocycles. The van der Waals surface area contributed by atoms with Crippen LogP contribution in [0.15, 0.2) is 0 Å². The monoisotopic (exact) mass is 396 g/mol. The molecule has 0 saturated heterocycles. The SMILES string of the molecule is CC(C)C(C)C(C)C(C)C(C)C(C)C.CC(C)C(C)C(C)C(C)C(C)C(C)C. The van der Waals surface area contributed by atoms with Crippen molar-refractivity contribution in [1.82, 2.24) is 0 Å². The molecule has 0 radical (unpaired) electrons. The Labute approximate surface area is 182 Å². The minimum absolute atomic E-state index is 0.812. The maximum Gasteiger partial charge on any atom is -0.0386 e. The lowest BCUT2D eigenvalue weighted by Crippen LogP contribution is -2.27. The van der Waals surface area contributed by atoms with Crippen molar-refractivity contribution in [3.05, 3.63) is 0 Å². The summed E-state index contributed by atoms with van der Waals surface area (Å²) in [4.78, 5) is 0. The maximum absolute atomic E-state index is 2.42. The normalized spacial score (nSPS) is 21.0. The van der Waals surface area contributed by atoms with Gasteiger partial charge in [0.15, 0.2) is 0 Å². The molecule has 28 heavy (non-hydrogen) atoms. The maximum atomic E-state index is 2.42. The summed E-state index contributed by atoms with van der Waals surface area (Å²) in [5, 5.41) is 0. The van der Waals surface area contributed by atoms with Gasteiger partial charge in [-0.2, -0.15) is 0 Å². The van der Waals surface area contributed by atoms with Crippen LogP contribution in [0.2, 0.25) is 0 Å². The highest BCUT2D eigenvalue weighted by Crippen LogP contribution is 2.34. The molecule has 0 fully saturated rings. The van der Waals surface area contributed by atoms with Crippen LogP contribution < -0.4 is 0 Å². The summed E-state index contributed by atoms with van der Waals surface area (Å²) in [6, 6.07) is 0. The van der Waals surface area contributed by atoms with Crippen LogP contribution >= 0.6 is 0 Å². The third-order valence-electron chi connectivity index (χ3n) is 9.18. The lowest BCUT2D eigenvalue weighted by atomic mass is 9.72. The van der Waals surface area contributed by atoms with Gasteiger partial charge in [-0.05, 0) is 71.0 Å². The zero-order valence-electron chi connectivity index (χ0n) is 22.9. The van der Waals surface area contributed by atoms with E-state index in [1.807, 2.05) is 0 Å². The second-order valence-electron chi connectivity index (χ2n) is 11.8. The van der Waals surface area contributed by atoms with Gasteiger partial charge in [0, 0.05) is 0 Å². The molecule has 0 bridgehead atoms. The summed E-state index contributed by atoms with van der Waals surface area (Å²) in [6.07, 6.45) is 0. The topological polar surface area (TPSA) is 0 Å². The molecule has 0 aliphatic rings. The predicted molar refractivity (Wildman–Crippen MR) is 133 cm³/mol. The van der Waals surface area contributed by atoms with Crippen LogP contribution in [-0.4, -0.2) is 0 Å². The average Bonchev–Trinajstić information content (AvgIpc) is 2.62. The fourth-order valence-corrected chi connectivity index (χ4v) is 4.34. The van der Waals surface area contributed by atoms with E-state index in [1.54, 1.807) is 0 Å². The quantitative estimate of drug-likeness (QED) is 0.344. The minimum Gasteiger partial charge on any atom is -0.0625 e. The molecule has 0 N–H and O–H groups in total. The molecule has 0 heteroatoms. The van der Waals surface area contributed by atoms with E-state index in [0.29, 0.717) is 0 Å². The van der Waals surface area contributed by atoms with Crippen LogP contribution in [0.3, 0.4) is 0 Å². The van der Waals surface area contributed by atoms with Gasteiger partial charge in [0.25, 0.3) is 0 Å². The van der Waals surface area contributed by atoms with Crippen molar-refractivity contribution in [3.8, 4) is 0 Å². The fourth-order valence-electron chi connectivity index (χ4n) is 4.34. The fraction of sp³-hybridized carbons (Fsp3) is 1.00. The van der Waals surface area contributed by atoms with Gasteiger partial charge >= 0.3 is 0 Å². The van der Waals surface area contributed by atoms with Gasteiger partial charge in [0.05, 0.1) is 0 Å². The molecule has 8 atom stereocenters. The molecule has 0 aromatic rings. The number of hydrogen-bond donors (Lipinski definition) is 0. The highest BCUT2D eigenvalue weighted by Gasteiger charge is 2.27. The molecule has 0 heterocycles. The Morgan fingerprint density at radius 2 is 0.286 bits per heavy atom. The number of rotatable bonds is 10. The van der Waals surface area contributed by atoms with Gasteiger partial charge in [-0.25, -0.2) is 0 Å². The van der Waals surface area contributed by atoms with E-state index in [2.05, 4.69) is 111 Å². The largest absolute Gasteiger partial charge is 0.0625 e.